The summed E-state index contributed by atoms with van der Waals surface area (Å²) in [5, 5.41) is 0. The predicted octanol–water partition coefficient (Wildman–Crippen LogP) is 2.84. The molecule has 0 radical (unpaired) electrons. The van der Waals surface area contributed by atoms with E-state index >= 15 is 0 Å². The highest BCUT2D eigenvalue weighted by atomic mass is 16.6. The molecule has 0 bridgehead atoms. The molecule has 0 amide bonds. The van der Waals surface area contributed by atoms with Gasteiger partial charge in [0.05, 0.1) is 0 Å². The van der Waals surface area contributed by atoms with Crippen LogP contribution < -0.4 is 0 Å². The van der Waals surface area contributed by atoms with Crippen molar-refractivity contribution in [3.63, 3.8) is 0 Å². The summed E-state index contributed by atoms with van der Waals surface area (Å²) in [4.78, 5) is 12.3. The smallest absolute Gasteiger partial charge is 0.196 e. The predicted molar refractivity (Wildman–Crippen MR) is 73.1 cm³/mol. The van der Waals surface area contributed by atoms with Gasteiger partial charge in [0.2, 0.25) is 0 Å². The molecule has 4 rings (SSSR count). The molecule has 2 aromatic rings. The standard InChI is InChI=1S/C17H14O3/c18-13(16-14(19-16)11-7-3-1-4-8-11)17-15(20-17)12-9-5-2-6-10-12/h1-10,14-17H/t14-,15-,16-,17-/m0/s1. The van der Waals surface area contributed by atoms with Crippen molar-refractivity contribution < 1.29 is 14.3 Å². The molecular weight excluding hydrogens is 252 g/mol. The monoisotopic (exact) mass is 266 g/mol. The lowest BCUT2D eigenvalue weighted by molar-refractivity contribution is -0.121. The lowest BCUT2D eigenvalue weighted by Crippen LogP contribution is -2.15. The minimum Gasteiger partial charge on any atom is -0.356 e. The summed E-state index contributed by atoms with van der Waals surface area (Å²) >= 11 is 0. The van der Waals surface area contributed by atoms with E-state index in [1.165, 1.54) is 0 Å². The van der Waals surface area contributed by atoms with E-state index in [1.54, 1.807) is 0 Å². The highest BCUT2D eigenvalue weighted by Crippen LogP contribution is 2.46. The molecule has 2 heterocycles. The second kappa shape index (κ2) is 4.54. The quantitative estimate of drug-likeness (QED) is 0.799. The number of carbonyl (C=O) groups excluding carboxylic acids is 1. The molecular formula is C17H14O3. The lowest BCUT2D eigenvalue weighted by atomic mass is 10.0. The van der Waals surface area contributed by atoms with Crippen LogP contribution in [0.3, 0.4) is 0 Å². The summed E-state index contributed by atoms with van der Waals surface area (Å²) in [7, 11) is 0. The van der Waals surface area contributed by atoms with Gasteiger partial charge in [-0.3, -0.25) is 4.79 Å². The lowest BCUT2D eigenvalue weighted by Gasteiger charge is -1.95. The molecule has 3 nitrogen and oxygen atoms in total. The average molecular weight is 266 g/mol. The van der Waals surface area contributed by atoms with Crippen molar-refractivity contribution in [2.45, 2.75) is 24.4 Å². The number of ether oxygens (including phenoxy) is 2. The molecule has 4 atom stereocenters. The van der Waals surface area contributed by atoms with Gasteiger partial charge in [-0.1, -0.05) is 60.7 Å². The van der Waals surface area contributed by atoms with Crippen LogP contribution in [0.15, 0.2) is 60.7 Å². The molecule has 2 saturated heterocycles. The molecule has 2 fully saturated rings. The molecule has 3 heteroatoms. The zero-order chi connectivity index (χ0) is 13.5. The molecule has 0 aromatic heterocycles. The van der Waals surface area contributed by atoms with E-state index < -0.39 is 0 Å². The van der Waals surface area contributed by atoms with Gasteiger partial charge in [0.25, 0.3) is 0 Å². The number of rotatable bonds is 4. The maximum Gasteiger partial charge on any atom is 0.196 e. The third-order valence-corrected chi connectivity index (χ3v) is 3.80. The summed E-state index contributed by atoms with van der Waals surface area (Å²) in [5.41, 5.74) is 2.12. The Labute approximate surface area is 117 Å². The number of Topliss-reactive ketones (excluding diaryl/α,β-unsaturated/α-hetero) is 1. The van der Waals surface area contributed by atoms with Crippen LogP contribution in [0.25, 0.3) is 0 Å². The van der Waals surface area contributed by atoms with Crippen LogP contribution >= 0.6 is 0 Å². The summed E-state index contributed by atoms with van der Waals surface area (Å²) in [6.45, 7) is 0. The van der Waals surface area contributed by atoms with E-state index in [2.05, 4.69) is 0 Å². The van der Waals surface area contributed by atoms with Crippen LogP contribution in [0.1, 0.15) is 23.3 Å². The minimum atomic E-state index is -0.337. The SMILES string of the molecule is O=C([C@@H]1O[C@H]1c1ccccc1)[C@@H]1O[C@H]1c1ccccc1. The van der Waals surface area contributed by atoms with Crippen LogP contribution in [-0.2, 0) is 14.3 Å². The minimum absolute atomic E-state index is 0.0627. The first-order chi connectivity index (χ1) is 9.84. The number of hydrogen-bond donors (Lipinski definition) is 0. The summed E-state index contributed by atoms with van der Waals surface area (Å²) < 4.78 is 11.0. The Morgan fingerprint density at radius 2 is 1.10 bits per heavy atom. The van der Waals surface area contributed by atoms with Gasteiger partial charge < -0.3 is 9.47 Å². The van der Waals surface area contributed by atoms with Crippen LogP contribution in [0.5, 0.6) is 0 Å². The Bertz CT molecular complexity index is 568. The van der Waals surface area contributed by atoms with Crippen LogP contribution in [0.2, 0.25) is 0 Å². The molecule has 0 spiro atoms. The normalized spacial score (nSPS) is 30.8. The van der Waals surface area contributed by atoms with Crippen molar-refractivity contribution in [2.24, 2.45) is 0 Å². The number of benzene rings is 2. The fourth-order valence-electron chi connectivity index (χ4n) is 2.61. The first-order valence-electron chi connectivity index (χ1n) is 6.79. The third-order valence-electron chi connectivity index (χ3n) is 3.80. The van der Waals surface area contributed by atoms with Gasteiger partial charge in [0.1, 0.15) is 24.4 Å². The third kappa shape index (κ3) is 2.05. The maximum absolute atomic E-state index is 12.3. The zero-order valence-corrected chi connectivity index (χ0v) is 10.8. The Morgan fingerprint density at radius 3 is 1.50 bits per heavy atom. The van der Waals surface area contributed by atoms with E-state index in [0.29, 0.717) is 0 Å². The summed E-state index contributed by atoms with van der Waals surface area (Å²) in [5.74, 6) is 0.0627. The molecule has 2 aliphatic rings. The first kappa shape index (κ1) is 11.8. The highest BCUT2D eigenvalue weighted by Gasteiger charge is 2.56. The Morgan fingerprint density at radius 1 is 0.700 bits per heavy atom. The van der Waals surface area contributed by atoms with Crippen molar-refractivity contribution in [3.8, 4) is 0 Å². The van der Waals surface area contributed by atoms with Crippen molar-refractivity contribution in [1.29, 1.82) is 0 Å². The van der Waals surface area contributed by atoms with E-state index in [4.69, 9.17) is 9.47 Å². The molecule has 100 valence electrons. The highest BCUT2D eigenvalue weighted by molar-refractivity contribution is 5.92. The number of carbonyl (C=O) groups is 1. The molecule has 2 aliphatic heterocycles. The largest absolute Gasteiger partial charge is 0.356 e. The van der Waals surface area contributed by atoms with Crippen molar-refractivity contribution in [1.82, 2.24) is 0 Å². The van der Waals surface area contributed by atoms with Gasteiger partial charge in [-0.15, -0.1) is 0 Å². The van der Waals surface area contributed by atoms with Gasteiger partial charge in [0.15, 0.2) is 5.78 Å². The second-order valence-electron chi connectivity index (χ2n) is 5.18. The average Bonchev–Trinajstić information content (AvgIpc) is 3.40. The van der Waals surface area contributed by atoms with Gasteiger partial charge >= 0.3 is 0 Å². The Kier molecular flexibility index (Phi) is 2.69. The second-order valence-corrected chi connectivity index (χ2v) is 5.18. The molecule has 0 saturated carbocycles. The molecule has 0 aliphatic carbocycles. The fraction of sp³-hybridized carbons (Fsp3) is 0.235. The number of hydrogen-bond acceptors (Lipinski definition) is 3. The topological polar surface area (TPSA) is 42.1 Å². The Balaban J connectivity index is 1.42. The van der Waals surface area contributed by atoms with Crippen molar-refractivity contribution in [2.75, 3.05) is 0 Å². The molecule has 0 N–H and O–H groups in total. The van der Waals surface area contributed by atoms with E-state index in [9.17, 15) is 4.79 Å². The van der Waals surface area contributed by atoms with Gasteiger partial charge in [-0.2, -0.15) is 0 Å². The van der Waals surface area contributed by atoms with Gasteiger partial charge in [0, 0.05) is 0 Å². The first-order valence-corrected chi connectivity index (χ1v) is 6.79. The maximum atomic E-state index is 12.3. The zero-order valence-electron chi connectivity index (χ0n) is 10.8. The van der Waals surface area contributed by atoms with Crippen LogP contribution in [-0.4, -0.2) is 18.0 Å². The van der Waals surface area contributed by atoms with E-state index in [-0.39, 0.29) is 30.2 Å². The summed E-state index contributed by atoms with van der Waals surface area (Å²) in [6, 6.07) is 19.7. The van der Waals surface area contributed by atoms with Gasteiger partial charge in [-0.25, -0.2) is 0 Å². The van der Waals surface area contributed by atoms with E-state index in [1.807, 2.05) is 60.7 Å². The Hall–Kier alpha value is -1.97. The van der Waals surface area contributed by atoms with Crippen LogP contribution in [0.4, 0.5) is 0 Å². The van der Waals surface area contributed by atoms with Crippen LogP contribution in [0, 0.1) is 0 Å². The summed E-state index contributed by atoms with van der Waals surface area (Å²) in [6.07, 6.45) is -0.860. The molecule has 2 aromatic carbocycles. The van der Waals surface area contributed by atoms with Crippen molar-refractivity contribution >= 4 is 5.78 Å². The number of epoxide rings is 2. The fourth-order valence-corrected chi connectivity index (χ4v) is 2.61. The van der Waals surface area contributed by atoms with Crippen molar-refractivity contribution in [3.05, 3.63) is 71.8 Å². The van der Waals surface area contributed by atoms with Gasteiger partial charge in [-0.05, 0) is 11.1 Å². The number of ketones is 1. The van der Waals surface area contributed by atoms with E-state index in [0.717, 1.165) is 11.1 Å². The molecule has 20 heavy (non-hydrogen) atoms. The molecule has 0 unspecified atom stereocenters.